The first kappa shape index (κ1) is 17.9. The van der Waals surface area contributed by atoms with Crippen LogP contribution in [0, 0.1) is 5.92 Å². The fourth-order valence-electron chi connectivity index (χ4n) is 3.03. The zero-order chi connectivity index (χ0) is 18.5. The molecule has 0 bridgehead atoms. The number of carbonyl (C=O) groups is 2. The third-order valence-electron chi connectivity index (χ3n) is 4.58. The first-order valence-corrected chi connectivity index (χ1v) is 8.74. The molecule has 0 saturated carbocycles. The molecule has 1 aromatic heterocycles. The van der Waals surface area contributed by atoms with E-state index in [1.54, 1.807) is 11.1 Å². The average Bonchev–Trinajstić information content (AvgIpc) is 3.01. The van der Waals surface area contributed by atoms with E-state index in [0.29, 0.717) is 19.6 Å². The van der Waals surface area contributed by atoms with Crippen LogP contribution < -0.4 is 10.2 Å². The minimum Gasteiger partial charge on any atom is -0.378 e. The van der Waals surface area contributed by atoms with E-state index in [4.69, 9.17) is 0 Å². The van der Waals surface area contributed by atoms with Crippen molar-refractivity contribution in [2.45, 2.75) is 19.5 Å². The fourth-order valence-corrected chi connectivity index (χ4v) is 3.03. The molecule has 0 unspecified atom stereocenters. The Labute approximate surface area is 153 Å². The van der Waals surface area contributed by atoms with Crippen LogP contribution in [0.2, 0.25) is 0 Å². The van der Waals surface area contributed by atoms with Crippen LogP contribution in [-0.2, 0) is 22.7 Å². The minimum absolute atomic E-state index is 0.00568. The molecule has 1 fully saturated rings. The van der Waals surface area contributed by atoms with E-state index >= 15 is 0 Å². The number of hydrogen-bond donors (Lipinski definition) is 1. The number of amides is 2. The van der Waals surface area contributed by atoms with Gasteiger partial charge in [0.1, 0.15) is 0 Å². The molecule has 1 atom stereocenters. The Hall–Kier alpha value is -2.89. The zero-order valence-corrected chi connectivity index (χ0v) is 15.2. The van der Waals surface area contributed by atoms with Gasteiger partial charge < -0.3 is 15.1 Å². The van der Waals surface area contributed by atoms with Gasteiger partial charge in [-0.25, -0.2) is 0 Å². The fraction of sp³-hybridized carbons (Fsp3) is 0.350. The van der Waals surface area contributed by atoms with E-state index in [1.165, 1.54) is 0 Å². The lowest BCUT2D eigenvalue weighted by Crippen LogP contribution is -2.32. The van der Waals surface area contributed by atoms with Crippen LogP contribution in [0.5, 0.6) is 0 Å². The van der Waals surface area contributed by atoms with Crippen LogP contribution in [0.4, 0.5) is 5.69 Å². The van der Waals surface area contributed by atoms with Crippen molar-refractivity contribution in [2.75, 3.05) is 25.5 Å². The van der Waals surface area contributed by atoms with Crippen molar-refractivity contribution < 1.29 is 9.59 Å². The predicted octanol–water partition coefficient (Wildman–Crippen LogP) is 1.81. The number of nitrogens with one attached hydrogen (secondary N) is 1. The van der Waals surface area contributed by atoms with Gasteiger partial charge in [-0.15, -0.1) is 0 Å². The first-order valence-electron chi connectivity index (χ1n) is 8.74. The van der Waals surface area contributed by atoms with Crippen molar-refractivity contribution in [1.29, 1.82) is 0 Å². The SMILES string of the molecule is CN(C)c1ccc(CNC(=O)[C@@H]2CC(=O)N(Cc3ccccn3)C2)cc1. The van der Waals surface area contributed by atoms with Crippen LogP contribution in [0.1, 0.15) is 17.7 Å². The van der Waals surface area contributed by atoms with Gasteiger partial charge in [0.05, 0.1) is 18.2 Å². The Morgan fingerprint density at radius 3 is 2.65 bits per heavy atom. The van der Waals surface area contributed by atoms with E-state index < -0.39 is 0 Å². The molecule has 2 amide bonds. The highest BCUT2D eigenvalue weighted by Crippen LogP contribution is 2.20. The largest absolute Gasteiger partial charge is 0.378 e. The molecule has 0 spiro atoms. The molecule has 2 heterocycles. The molecule has 0 radical (unpaired) electrons. The number of nitrogens with zero attached hydrogens (tertiary/aromatic N) is 3. The van der Waals surface area contributed by atoms with E-state index in [1.807, 2.05) is 61.5 Å². The van der Waals surface area contributed by atoms with E-state index in [0.717, 1.165) is 16.9 Å². The second kappa shape index (κ2) is 7.99. The summed E-state index contributed by atoms with van der Waals surface area (Å²) in [4.78, 5) is 32.6. The predicted molar refractivity (Wildman–Crippen MR) is 100 cm³/mol. The van der Waals surface area contributed by atoms with Gasteiger partial charge in [-0.2, -0.15) is 0 Å². The number of hydrogen-bond acceptors (Lipinski definition) is 4. The standard InChI is InChI=1S/C20H24N4O2/c1-23(2)18-8-6-15(7-9-18)12-22-20(26)16-11-19(25)24(13-16)14-17-5-3-4-10-21-17/h3-10,16H,11-14H2,1-2H3,(H,22,26)/t16-/m1/s1. The molecule has 1 aliphatic rings. The lowest BCUT2D eigenvalue weighted by Gasteiger charge is -2.16. The summed E-state index contributed by atoms with van der Waals surface area (Å²) in [5.41, 5.74) is 2.99. The van der Waals surface area contributed by atoms with Crippen molar-refractivity contribution in [3.63, 3.8) is 0 Å². The second-order valence-corrected chi connectivity index (χ2v) is 6.78. The van der Waals surface area contributed by atoms with Crippen LogP contribution >= 0.6 is 0 Å². The van der Waals surface area contributed by atoms with Crippen LogP contribution in [0.15, 0.2) is 48.7 Å². The Bertz CT molecular complexity index is 759. The maximum atomic E-state index is 12.4. The van der Waals surface area contributed by atoms with Gasteiger partial charge in [0.25, 0.3) is 0 Å². The van der Waals surface area contributed by atoms with Crippen molar-refractivity contribution in [2.24, 2.45) is 5.92 Å². The molecule has 0 aliphatic carbocycles. The minimum atomic E-state index is -0.299. The van der Waals surface area contributed by atoms with Crippen molar-refractivity contribution in [3.8, 4) is 0 Å². The summed E-state index contributed by atoms with van der Waals surface area (Å²) >= 11 is 0. The Morgan fingerprint density at radius 1 is 1.23 bits per heavy atom. The normalized spacial score (nSPS) is 16.6. The van der Waals surface area contributed by atoms with Crippen molar-refractivity contribution in [1.82, 2.24) is 15.2 Å². The molecule has 6 nitrogen and oxygen atoms in total. The Morgan fingerprint density at radius 2 is 2.00 bits per heavy atom. The highest BCUT2D eigenvalue weighted by Gasteiger charge is 2.34. The number of carbonyl (C=O) groups excluding carboxylic acids is 2. The van der Waals surface area contributed by atoms with Crippen LogP contribution in [-0.4, -0.2) is 42.3 Å². The smallest absolute Gasteiger partial charge is 0.225 e. The zero-order valence-electron chi connectivity index (χ0n) is 15.2. The number of benzene rings is 1. The molecule has 26 heavy (non-hydrogen) atoms. The average molecular weight is 352 g/mol. The Balaban J connectivity index is 1.51. The number of rotatable bonds is 6. The number of likely N-dealkylation sites (tertiary alicyclic amines) is 1. The van der Waals surface area contributed by atoms with E-state index in [-0.39, 0.29) is 24.2 Å². The van der Waals surface area contributed by atoms with E-state index in [9.17, 15) is 9.59 Å². The number of aromatic nitrogens is 1. The van der Waals surface area contributed by atoms with Gasteiger partial charge in [0.15, 0.2) is 0 Å². The third-order valence-corrected chi connectivity index (χ3v) is 4.58. The molecular weight excluding hydrogens is 328 g/mol. The number of anilines is 1. The highest BCUT2D eigenvalue weighted by atomic mass is 16.2. The summed E-state index contributed by atoms with van der Waals surface area (Å²) in [6.07, 6.45) is 1.97. The summed E-state index contributed by atoms with van der Waals surface area (Å²) in [6, 6.07) is 13.7. The molecule has 1 saturated heterocycles. The van der Waals surface area contributed by atoms with Gasteiger partial charge in [0, 0.05) is 45.5 Å². The maximum absolute atomic E-state index is 12.4. The number of pyridine rings is 1. The highest BCUT2D eigenvalue weighted by molar-refractivity contribution is 5.89. The molecule has 1 aliphatic heterocycles. The lowest BCUT2D eigenvalue weighted by molar-refractivity contribution is -0.129. The quantitative estimate of drug-likeness (QED) is 0.861. The molecule has 1 N–H and O–H groups in total. The molecular formula is C20H24N4O2. The van der Waals surface area contributed by atoms with Gasteiger partial charge in [-0.1, -0.05) is 18.2 Å². The molecule has 3 rings (SSSR count). The topological polar surface area (TPSA) is 65.5 Å². The summed E-state index contributed by atoms with van der Waals surface area (Å²) in [5, 5.41) is 2.95. The molecule has 2 aromatic rings. The van der Waals surface area contributed by atoms with Crippen molar-refractivity contribution >= 4 is 17.5 Å². The van der Waals surface area contributed by atoms with Gasteiger partial charge in [-0.3, -0.25) is 14.6 Å². The second-order valence-electron chi connectivity index (χ2n) is 6.78. The summed E-state index contributed by atoms with van der Waals surface area (Å²) < 4.78 is 0. The van der Waals surface area contributed by atoms with E-state index in [2.05, 4.69) is 10.3 Å². The summed E-state index contributed by atoms with van der Waals surface area (Å²) in [6.45, 7) is 1.37. The van der Waals surface area contributed by atoms with Crippen molar-refractivity contribution in [3.05, 3.63) is 59.9 Å². The molecule has 136 valence electrons. The van der Waals surface area contributed by atoms with Gasteiger partial charge >= 0.3 is 0 Å². The summed E-state index contributed by atoms with van der Waals surface area (Å²) in [5.74, 6) is -0.364. The summed E-state index contributed by atoms with van der Waals surface area (Å²) in [7, 11) is 3.98. The monoisotopic (exact) mass is 352 g/mol. The van der Waals surface area contributed by atoms with Crippen LogP contribution in [0.25, 0.3) is 0 Å². The Kier molecular flexibility index (Phi) is 5.51. The molecule has 6 heteroatoms. The van der Waals surface area contributed by atoms with Crippen LogP contribution in [0.3, 0.4) is 0 Å². The third kappa shape index (κ3) is 4.39. The first-order chi connectivity index (χ1) is 12.5. The molecule has 1 aromatic carbocycles. The lowest BCUT2D eigenvalue weighted by atomic mass is 10.1. The van der Waals surface area contributed by atoms with Gasteiger partial charge in [-0.05, 0) is 29.8 Å². The van der Waals surface area contributed by atoms with Gasteiger partial charge in [0.2, 0.25) is 11.8 Å². The maximum Gasteiger partial charge on any atom is 0.225 e.